The molecule has 0 heterocycles. The second-order valence-corrected chi connectivity index (χ2v) is 5.56. The summed E-state index contributed by atoms with van der Waals surface area (Å²) >= 11 is 6.40. The maximum atomic E-state index is 13.5. The highest BCUT2D eigenvalue weighted by atomic mass is 35.5. The number of hydrogen-bond donors (Lipinski definition) is 1. The van der Waals surface area contributed by atoms with Crippen molar-refractivity contribution < 1.29 is 4.39 Å². The number of halogens is 2. The molecule has 0 spiro atoms. The summed E-state index contributed by atoms with van der Waals surface area (Å²) in [6, 6.07) is 12.4. The first-order valence-corrected chi connectivity index (χ1v) is 7.46. The Morgan fingerprint density at radius 1 is 1.24 bits per heavy atom. The van der Waals surface area contributed by atoms with Crippen LogP contribution < -0.4 is 10.6 Å². The predicted molar refractivity (Wildman–Crippen MR) is 87.9 cm³/mol. The molecule has 0 aromatic heterocycles. The Balaban J connectivity index is 2.51. The van der Waals surface area contributed by atoms with Gasteiger partial charge in [-0.1, -0.05) is 29.8 Å². The Morgan fingerprint density at radius 2 is 1.95 bits per heavy atom. The van der Waals surface area contributed by atoms with Crippen LogP contribution in [0.5, 0.6) is 0 Å². The molecule has 0 amide bonds. The van der Waals surface area contributed by atoms with E-state index in [1.165, 1.54) is 12.1 Å². The number of para-hydroxylation sites is 1. The molecule has 2 aromatic carbocycles. The average molecular weight is 307 g/mol. The molecule has 2 nitrogen and oxygen atoms in total. The van der Waals surface area contributed by atoms with Gasteiger partial charge in [-0.25, -0.2) is 4.39 Å². The van der Waals surface area contributed by atoms with Crippen LogP contribution in [0.2, 0.25) is 5.02 Å². The maximum absolute atomic E-state index is 13.5. The van der Waals surface area contributed by atoms with E-state index < -0.39 is 0 Å². The molecule has 112 valence electrons. The first kappa shape index (κ1) is 15.8. The number of nitrogens with zero attached hydrogens (tertiary/aromatic N) is 1. The first-order chi connectivity index (χ1) is 10.0. The topological polar surface area (TPSA) is 29.3 Å². The minimum absolute atomic E-state index is 0.0356. The third kappa shape index (κ3) is 3.74. The van der Waals surface area contributed by atoms with Gasteiger partial charge in [-0.05, 0) is 50.1 Å². The summed E-state index contributed by atoms with van der Waals surface area (Å²) in [5, 5.41) is 0.652. The van der Waals surface area contributed by atoms with Crippen molar-refractivity contribution in [3.05, 3.63) is 58.9 Å². The molecular formula is C17H20ClFN2. The Kier molecular flexibility index (Phi) is 5.21. The fraction of sp³-hybridized carbons (Fsp3) is 0.294. The second kappa shape index (κ2) is 6.92. The van der Waals surface area contributed by atoms with Crippen molar-refractivity contribution in [3.8, 4) is 0 Å². The van der Waals surface area contributed by atoms with Gasteiger partial charge in [0.25, 0.3) is 0 Å². The first-order valence-electron chi connectivity index (χ1n) is 7.09. The van der Waals surface area contributed by atoms with Crippen molar-refractivity contribution in [1.82, 2.24) is 0 Å². The maximum Gasteiger partial charge on any atom is 0.125 e. The summed E-state index contributed by atoms with van der Waals surface area (Å²) in [7, 11) is 0. The number of anilines is 2. The van der Waals surface area contributed by atoms with Crippen LogP contribution >= 0.6 is 11.6 Å². The molecule has 0 aliphatic heterocycles. The minimum atomic E-state index is -0.258. The molecule has 1 atom stereocenters. The number of rotatable bonds is 5. The lowest BCUT2D eigenvalue weighted by molar-refractivity contribution is 0.627. The lowest BCUT2D eigenvalue weighted by Crippen LogP contribution is -2.22. The van der Waals surface area contributed by atoms with Crippen molar-refractivity contribution in [2.24, 2.45) is 5.73 Å². The van der Waals surface area contributed by atoms with Crippen LogP contribution in [0.25, 0.3) is 0 Å². The Hall–Kier alpha value is -1.58. The normalized spacial score (nSPS) is 12.2. The molecule has 0 aliphatic carbocycles. The molecule has 0 saturated carbocycles. The standard InChI is InChI=1S/C17H20ClFN2/c1-3-21(15-8-5-7-14(19)11-15)17-13(10-12(2)20)6-4-9-16(17)18/h4-9,11-12H,3,10,20H2,1-2H3. The van der Waals surface area contributed by atoms with Crippen LogP contribution in [-0.4, -0.2) is 12.6 Å². The number of hydrogen-bond acceptors (Lipinski definition) is 2. The van der Waals surface area contributed by atoms with E-state index in [2.05, 4.69) is 0 Å². The van der Waals surface area contributed by atoms with E-state index in [0.29, 0.717) is 11.6 Å². The van der Waals surface area contributed by atoms with Gasteiger partial charge in [0.2, 0.25) is 0 Å². The predicted octanol–water partition coefficient (Wildman–Crippen LogP) is 4.53. The van der Waals surface area contributed by atoms with Crippen molar-refractivity contribution in [2.45, 2.75) is 26.3 Å². The van der Waals surface area contributed by atoms with Gasteiger partial charge in [-0.15, -0.1) is 0 Å². The number of nitrogens with two attached hydrogens (primary N) is 1. The third-order valence-corrected chi connectivity index (χ3v) is 3.62. The zero-order valence-corrected chi connectivity index (χ0v) is 13.1. The van der Waals surface area contributed by atoms with E-state index in [9.17, 15) is 4.39 Å². The van der Waals surface area contributed by atoms with E-state index in [4.69, 9.17) is 17.3 Å². The van der Waals surface area contributed by atoms with Crippen molar-refractivity contribution >= 4 is 23.0 Å². The van der Waals surface area contributed by atoms with Gasteiger partial charge in [0.1, 0.15) is 5.82 Å². The summed E-state index contributed by atoms with van der Waals surface area (Å²) in [5.41, 5.74) is 8.69. The molecular weight excluding hydrogens is 287 g/mol. The zero-order chi connectivity index (χ0) is 15.4. The monoisotopic (exact) mass is 306 g/mol. The van der Waals surface area contributed by atoms with Gasteiger partial charge in [-0.3, -0.25) is 0 Å². The lowest BCUT2D eigenvalue weighted by atomic mass is 10.0. The molecule has 0 radical (unpaired) electrons. The van der Waals surface area contributed by atoms with Crippen molar-refractivity contribution in [1.29, 1.82) is 0 Å². The summed E-state index contributed by atoms with van der Waals surface area (Å²) in [5.74, 6) is -0.258. The van der Waals surface area contributed by atoms with Crippen molar-refractivity contribution in [3.63, 3.8) is 0 Å². The van der Waals surface area contributed by atoms with Gasteiger partial charge in [0.05, 0.1) is 10.7 Å². The molecule has 0 saturated heterocycles. The second-order valence-electron chi connectivity index (χ2n) is 5.15. The molecule has 4 heteroatoms. The van der Waals surface area contributed by atoms with Crippen LogP contribution in [0.3, 0.4) is 0 Å². The molecule has 0 aliphatic rings. The van der Waals surface area contributed by atoms with Crippen molar-refractivity contribution in [2.75, 3.05) is 11.4 Å². The SMILES string of the molecule is CCN(c1cccc(F)c1)c1c(Cl)cccc1CC(C)N. The average Bonchev–Trinajstić information content (AvgIpc) is 2.42. The highest BCUT2D eigenvalue weighted by Crippen LogP contribution is 2.35. The van der Waals surface area contributed by atoms with E-state index in [-0.39, 0.29) is 11.9 Å². The number of benzene rings is 2. The summed E-state index contributed by atoms with van der Waals surface area (Å²) in [4.78, 5) is 2.02. The molecule has 21 heavy (non-hydrogen) atoms. The molecule has 1 unspecified atom stereocenters. The fourth-order valence-corrected chi connectivity index (χ4v) is 2.78. The molecule has 0 bridgehead atoms. The van der Waals surface area contributed by atoms with Gasteiger partial charge < -0.3 is 10.6 Å². The quantitative estimate of drug-likeness (QED) is 0.879. The van der Waals surface area contributed by atoms with Crippen LogP contribution in [0, 0.1) is 5.82 Å². The summed E-state index contributed by atoms with van der Waals surface area (Å²) in [6.07, 6.45) is 0.724. The Morgan fingerprint density at radius 3 is 2.57 bits per heavy atom. The molecule has 0 fully saturated rings. The summed E-state index contributed by atoms with van der Waals surface area (Å²) in [6.45, 7) is 4.67. The van der Waals surface area contributed by atoms with Gasteiger partial charge in [0, 0.05) is 18.3 Å². The van der Waals surface area contributed by atoms with Crippen LogP contribution in [0.1, 0.15) is 19.4 Å². The smallest absolute Gasteiger partial charge is 0.125 e. The Labute approximate surface area is 130 Å². The highest BCUT2D eigenvalue weighted by Gasteiger charge is 2.16. The largest absolute Gasteiger partial charge is 0.340 e. The van der Waals surface area contributed by atoms with Crippen LogP contribution in [0.4, 0.5) is 15.8 Å². The van der Waals surface area contributed by atoms with Crippen LogP contribution in [0.15, 0.2) is 42.5 Å². The van der Waals surface area contributed by atoms with E-state index in [0.717, 1.165) is 23.4 Å². The van der Waals surface area contributed by atoms with E-state index >= 15 is 0 Å². The summed E-state index contributed by atoms with van der Waals surface area (Å²) < 4.78 is 13.5. The van der Waals surface area contributed by atoms with Gasteiger partial charge in [0.15, 0.2) is 0 Å². The van der Waals surface area contributed by atoms with Gasteiger partial charge in [-0.2, -0.15) is 0 Å². The third-order valence-electron chi connectivity index (χ3n) is 3.32. The van der Waals surface area contributed by atoms with Crippen LogP contribution in [-0.2, 0) is 6.42 Å². The van der Waals surface area contributed by atoms with E-state index in [1.54, 1.807) is 6.07 Å². The van der Waals surface area contributed by atoms with E-state index in [1.807, 2.05) is 43.0 Å². The fourth-order valence-electron chi connectivity index (χ4n) is 2.49. The van der Waals surface area contributed by atoms with Gasteiger partial charge >= 0.3 is 0 Å². The minimum Gasteiger partial charge on any atom is -0.340 e. The molecule has 2 rings (SSSR count). The molecule has 2 aromatic rings. The zero-order valence-electron chi connectivity index (χ0n) is 12.3. The Bertz CT molecular complexity index is 613. The molecule has 2 N–H and O–H groups in total. The lowest BCUT2D eigenvalue weighted by Gasteiger charge is -2.27. The highest BCUT2D eigenvalue weighted by molar-refractivity contribution is 6.33.